The molecule has 1 aromatic carbocycles. The van der Waals surface area contributed by atoms with Gasteiger partial charge in [-0.3, -0.25) is 0 Å². The van der Waals surface area contributed by atoms with Crippen LogP contribution in [0.4, 0.5) is 14.7 Å². The summed E-state index contributed by atoms with van der Waals surface area (Å²) >= 11 is 0. The van der Waals surface area contributed by atoms with E-state index in [1.54, 1.807) is 12.1 Å². The van der Waals surface area contributed by atoms with Crippen LogP contribution in [0.15, 0.2) is 28.8 Å². The van der Waals surface area contributed by atoms with Crippen LogP contribution in [0.25, 0.3) is 11.1 Å². The number of ether oxygens (including phenoxy) is 1. The van der Waals surface area contributed by atoms with Crippen LogP contribution in [-0.4, -0.2) is 11.8 Å². The molecule has 0 aliphatic rings. The maximum absolute atomic E-state index is 12.2. The molecule has 0 spiro atoms. The van der Waals surface area contributed by atoms with Crippen molar-refractivity contribution >= 4 is 5.88 Å². The average molecular weight is 296 g/mol. The summed E-state index contributed by atoms with van der Waals surface area (Å²) in [5, 5.41) is 4.05. The average Bonchev–Trinajstić information content (AvgIpc) is 2.82. The van der Waals surface area contributed by atoms with Gasteiger partial charge in [0.1, 0.15) is 5.75 Å². The molecule has 0 radical (unpaired) electrons. The van der Waals surface area contributed by atoms with Gasteiger partial charge < -0.3 is 15.0 Å². The van der Waals surface area contributed by atoms with E-state index in [0.717, 1.165) is 17.7 Å². The van der Waals surface area contributed by atoms with Gasteiger partial charge in [0.15, 0.2) is 0 Å². The molecule has 1 aromatic heterocycles. The van der Waals surface area contributed by atoms with Crippen LogP contribution in [0.3, 0.4) is 0 Å². The van der Waals surface area contributed by atoms with Crippen molar-refractivity contribution in [1.82, 2.24) is 5.16 Å². The number of rotatable bonds is 5. The molecule has 2 aromatic rings. The van der Waals surface area contributed by atoms with Crippen LogP contribution in [-0.2, 0) is 5.41 Å². The third-order valence-electron chi connectivity index (χ3n) is 3.61. The first-order chi connectivity index (χ1) is 9.85. The lowest BCUT2D eigenvalue weighted by Crippen LogP contribution is -2.17. The summed E-state index contributed by atoms with van der Waals surface area (Å²) < 4.78 is 33.8. The van der Waals surface area contributed by atoms with Crippen molar-refractivity contribution in [1.29, 1.82) is 0 Å². The van der Waals surface area contributed by atoms with E-state index in [4.69, 9.17) is 10.3 Å². The maximum atomic E-state index is 12.2. The van der Waals surface area contributed by atoms with E-state index in [-0.39, 0.29) is 17.0 Å². The second-order valence-corrected chi connectivity index (χ2v) is 5.41. The lowest BCUT2D eigenvalue weighted by molar-refractivity contribution is -0.0498. The van der Waals surface area contributed by atoms with Gasteiger partial charge >= 0.3 is 6.61 Å². The second kappa shape index (κ2) is 5.71. The lowest BCUT2D eigenvalue weighted by atomic mass is 9.83. The first kappa shape index (κ1) is 15.3. The fourth-order valence-corrected chi connectivity index (χ4v) is 2.01. The van der Waals surface area contributed by atoms with Gasteiger partial charge in [0.05, 0.1) is 11.3 Å². The number of aromatic nitrogens is 1. The van der Waals surface area contributed by atoms with E-state index < -0.39 is 6.61 Å². The Morgan fingerprint density at radius 3 is 2.43 bits per heavy atom. The summed E-state index contributed by atoms with van der Waals surface area (Å²) in [5.41, 5.74) is 7.87. The predicted octanol–water partition coefficient (Wildman–Crippen LogP) is 4.21. The number of hydrogen-bond donors (Lipinski definition) is 1. The third kappa shape index (κ3) is 3.15. The Bertz CT molecular complexity index is 607. The number of nitrogen functional groups attached to an aromatic ring is 1. The summed E-state index contributed by atoms with van der Waals surface area (Å²) in [6, 6.07) is 6.26. The van der Waals surface area contributed by atoms with Gasteiger partial charge in [-0.25, -0.2) is 0 Å². The third-order valence-corrected chi connectivity index (χ3v) is 3.61. The van der Waals surface area contributed by atoms with E-state index in [0.29, 0.717) is 5.56 Å². The van der Waals surface area contributed by atoms with Crippen molar-refractivity contribution in [3.8, 4) is 16.9 Å². The molecule has 0 bridgehead atoms. The Hall–Kier alpha value is -2.11. The maximum Gasteiger partial charge on any atom is 0.387 e. The molecule has 114 valence electrons. The van der Waals surface area contributed by atoms with Gasteiger partial charge in [-0.2, -0.15) is 8.78 Å². The lowest BCUT2D eigenvalue weighted by Gasteiger charge is -2.21. The summed E-state index contributed by atoms with van der Waals surface area (Å²) in [6.45, 7) is 3.30. The quantitative estimate of drug-likeness (QED) is 0.897. The number of alkyl halides is 2. The van der Waals surface area contributed by atoms with Crippen molar-refractivity contribution in [2.75, 3.05) is 5.73 Å². The predicted molar refractivity (Wildman–Crippen MR) is 76.3 cm³/mol. The van der Waals surface area contributed by atoms with E-state index >= 15 is 0 Å². The molecule has 0 amide bonds. The molecule has 2 rings (SSSR count). The first-order valence-electron chi connectivity index (χ1n) is 6.66. The molecule has 0 atom stereocenters. The minimum Gasteiger partial charge on any atom is -0.435 e. The molecule has 1 heterocycles. The molecule has 2 N–H and O–H groups in total. The van der Waals surface area contributed by atoms with E-state index in [1.165, 1.54) is 12.1 Å². The zero-order valence-corrected chi connectivity index (χ0v) is 12.2. The SMILES string of the molecule is CCC(C)(C)c1noc(N)c1-c1ccc(OC(F)F)cc1. The number of benzene rings is 1. The molecule has 4 nitrogen and oxygen atoms in total. The Morgan fingerprint density at radius 2 is 1.90 bits per heavy atom. The van der Waals surface area contributed by atoms with E-state index in [1.807, 2.05) is 20.8 Å². The monoisotopic (exact) mass is 296 g/mol. The second-order valence-electron chi connectivity index (χ2n) is 5.41. The molecule has 0 aliphatic carbocycles. The number of anilines is 1. The van der Waals surface area contributed by atoms with Gasteiger partial charge in [0.2, 0.25) is 5.88 Å². The van der Waals surface area contributed by atoms with Crippen molar-refractivity contribution < 1.29 is 18.0 Å². The number of nitrogens with zero attached hydrogens (tertiary/aromatic N) is 1. The largest absolute Gasteiger partial charge is 0.435 e. The molecular weight excluding hydrogens is 278 g/mol. The standard InChI is InChI=1S/C15H18F2N2O2/c1-4-15(2,3)12-11(13(18)21-19-12)9-5-7-10(8-6-9)20-14(16)17/h5-8,14H,4,18H2,1-3H3. The Kier molecular flexibility index (Phi) is 4.16. The van der Waals surface area contributed by atoms with E-state index in [9.17, 15) is 8.78 Å². The molecule has 21 heavy (non-hydrogen) atoms. The summed E-state index contributed by atoms with van der Waals surface area (Å²) in [7, 11) is 0. The van der Waals surface area contributed by atoms with Crippen LogP contribution >= 0.6 is 0 Å². The zero-order valence-electron chi connectivity index (χ0n) is 12.2. The normalized spacial score (nSPS) is 11.9. The minimum atomic E-state index is -2.84. The Morgan fingerprint density at radius 1 is 1.29 bits per heavy atom. The van der Waals surface area contributed by atoms with Gasteiger partial charge in [0, 0.05) is 5.41 Å². The highest BCUT2D eigenvalue weighted by atomic mass is 19.3. The van der Waals surface area contributed by atoms with Gasteiger partial charge in [-0.1, -0.05) is 38.1 Å². The van der Waals surface area contributed by atoms with Crippen molar-refractivity contribution in [2.24, 2.45) is 0 Å². The summed E-state index contributed by atoms with van der Waals surface area (Å²) in [5.74, 6) is 0.314. The van der Waals surface area contributed by atoms with Crippen molar-refractivity contribution in [3.05, 3.63) is 30.0 Å². The van der Waals surface area contributed by atoms with Gasteiger partial charge in [0.25, 0.3) is 0 Å². The highest BCUT2D eigenvalue weighted by Gasteiger charge is 2.28. The van der Waals surface area contributed by atoms with Crippen molar-refractivity contribution in [3.63, 3.8) is 0 Å². The summed E-state index contributed by atoms with van der Waals surface area (Å²) in [6.07, 6.45) is 0.860. The van der Waals surface area contributed by atoms with Crippen LogP contribution in [0.5, 0.6) is 5.75 Å². The molecule has 0 unspecified atom stereocenters. The highest BCUT2D eigenvalue weighted by molar-refractivity contribution is 5.76. The number of hydrogen-bond acceptors (Lipinski definition) is 4. The molecule has 6 heteroatoms. The minimum absolute atomic E-state index is 0.0973. The Labute approximate surface area is 121 Å². The molecular formula is C15H18F2N2O2. The fraction of sp³-hybridized carbons (Fsp3) is 0.400. The van der Waals surface area contributed by atoms with Gasteiger partial charge in [-0.05, 0) is 24.1 Å². The smallest absolute Gasteiger partial charge is 0.387 e. The van der Waals surface area contributed by atoms with Gasteiger partial charge in [-0.15, -0.1) is 0 Å². The fourth-order valence-electron chi connectivity index (χ4n) is 2.01. The molecule has 0 saturated carbocycles. The van der Waals surface area contributed by atoms with Crippen LogP contribution in [0.2, 0.25) is 0 Å². The van der Waals surface area contributed by atoms with Crippen molar-refractivity contribution in [2.45, 2.75) is 39.2 Å². The summed E-state index contributed by atoms with van der Waals surface area (Å²) in [4.78, 5) is 0. The van der Waals surface area contributed by atoms with Crippen LogP contribution in [0, 0.1) is 0 Å². The number of halogens is 2. The Balaban J connectivity index is 2.40. The molecule has 0 aliphatic heterocycles. The van der Waals surface area contributed by atoms with Crippen LogP contribution < -0.4 is 10.5 Å². The zero-order chi connectivity index (χ0) is 15.6. The topological polar surface area (TPSA) is 61.3 Å². The van der Waals surface area contributed by atoms with E-state index in [2.05, 4.69) is 9.89 Å². The first-order valence-corrected chi connectivity index (χ1v) is 6.66. The molecule has 0 saturated heterocycles. The highest BCUT2D eigenvalue weighted by Crippen LogP contribution is 2.38. The number of nitrogens with two attached hydrogens (primary N) is 1. The molecule has 0 fully saturated rings. The van der Waals surface area contributed by atoms with Crippen LogP contribution in [0.1, 0.15) is 32.9 Å².